The van der Waals surface area contributed by atoms with E-state index in [2.05, 4.69) is 5.10 Å². The molecule has 1 saturated carbocycles. The lowest BCUT2D eigenvalue weighted by Gasteiger charge is -2.12. The van der Waals surface area contributed by atoms with Gasteiger partial charge in [0.25, 0.3) is 0 Å². The number of carbonyl (C=O) groups excluding carboxylic acids is 1. The number of hydrogen-bond acceptors (Lipinski definition) is 3. The van der Waals surface area contributed by atoms with Crippen LogP contribution in [0.25, 0.3) is 5.69 Å². The highest BCUT2D eigenvalue weighted by atomic mass is 16.4. The molecule has 108 valence electrons. The fourth-order valence-corrected chi connectivity index (χ4v) is 2.96. The molecular formula is C16H16N2O3. The molecule has 1 aromatic carbocycles. The molecule has 2 unspecified atom stereocenters. The number of nitrogens with zero attached hydrogens (tertiary/aromatic N) is 2. The average molecular weight is 284 g/mol. The predicted octanol–water partition coefficient (Wildman–Crippen LogP) is 2.56. The Bertz CT molecular complexity index is 663. The molecule has 2 atom stereocenters. The van der Waals surface area contributed by atoms with Crippen molar-refractivity contribution >= 4 is 11.8 Å². The molecule has 0 aliphatic heterocycles. The molecule has 0 spiro atoms. The summed E-state index contributed by atoms with van der Waals surface area (Å²) in [5, 5.41) is 13.4. The molecule has 1 heterocycles. The number of Topliss-reactive ketones (excluding diaryl/α,β-unsaturated/α-hetero) is 1. The summed E-state index contributed by atoms with van der Waals surface area (Å²) < 4.78 is 1.64. The van der Waals surface area contributed by atoms with Crippen LogP contribution in [0.2, 0.25) is 0 Å². The Morgan fingerprint density at radius 1 is 1.14 bits per heavy atom. The molecule has 5 heteroatoms. The van der Waals surface area contributed by atoms with E-state index in [1.807, 2.05) is 30.3 Å². The molecule has 1 aliphatic carbocycles. The number of aliphatic carboxylic acids is 1. The quantitative estimate of drug-likeness (QED) is 0.876. The number of para-hydroxylation sites is 1. The van der Waals surface area contributed by atoms with Gasteiger partial charge in [0, 0.05) is 12.1 Å². The molecule has 2 aromatic rings. The van der Waals surface area contributed by atoms with Gasteiger partial charge in [0.15, 0.2) is 5.78 Å². The lowest BCUT2D eigenvalue weighted by molar-refractivity contribution is -0.142. The van der Waals surface area contributed by atoms with Crippen LogP contribution in [0, 0.1) is 11.8 Å². The van der Waals surface area contributed by atoms with E-state index in [0.717, 1.165) is 12.1 Å². The monoisotopic (exact) mass is 284 g/mol. The number of rotatable bonds is 4. The van der Waals surface area contributed by atoms with Gasteiger partial charge in [-0.15, -0.1) is 0 Å². The minimum atomic E-state index is -0.874. The first-order chi connectivity index (χ1) is 10.2. The van der Waals surface area contributed by atoms with E-state index in [9.17, 15) is 14.7 Å². The SMILES string of the molecule is O=C(O)C1CCCC1C(=O)c1cnn(-c2ccccc2)c1. The van der Waals surface area contributed by atoms with Crippen molar-refractivity contribution in [1.29, 1.82) is 0 Å². The molecule has 5 nitrogen and oxygen atoms in total. The summed E-state index contributed by atoms with van der Waals surface area (Å²) in [5.41, 5.74) is 1.36. The summed E-state index contributed by atoms with van der Waals surface area (Å²) in [6.07, 6.45) is 5.21. The largest absolute Gasteiger partial charge is 0.481 e. The molecule has 1 fully saturated rings. The Hall–Kier alpha value is -2.43. The zero-order valence-electron chi connectivity index (χ0n) is 11.5. The topological polar surface area (TPSA) is 72.2 Å². The van der Waals surface area contributed by atoms with Crippen molar-refractivity contribution in [2.45, 2.75) is 19.3 Å². The zero-order valence-corrected chi connectivity index (χ0v) is 11.5. The van der Waals surface area contributed by atoms with Gasteiger partial charge in [-0.25, -0.2) is 4.68 Å². The maximum absolute atomic E-state index is 12.5. The van der Waals surface area contributed by atoms with Crippen molar-refractivity contribution in [2.75, 3.05) is 0 Å². The van der Waals surface area contributed by atoms with Crippen LogP contribution < -0.4 is 0 Å². The van der Waals surface area contributed by atoms with Crippen LogP contribution in [-0.4, -0.2) is 26.6 Å². The number of benzene rings is 1. The van der Waals surface area contributed by atoms with Crippen molar-refractivity contribution in [3.05, 3.63) is 48.3 Å². The number of carboxylic acids is 1. The van der Waals surface area contributed by atoms with E-state index in [4.69, 9.17) is 0 Å². The smallest absolute Gasteiger partial charge is 0.307 e. The van der Waals surface area contributed by atoms with Gasteiger partial charge in [-0.2, -0.15) is 5.10 Å². The third kappa shape index (κ3) is 2.59. The number of carboxylic acid groups (broad SMARTS) is 1. The molecule has 0 radical (unpaired) electrons. The third-order valence-corrected chi connectivity index (χ3v) is 4.06. The normalized spacial score (nSPS) is 21.3. The second-order valence-electron chi connectivity index (χ2n) is 5.36. The highest BCUT2D eigenvalue weighted by Crippen LogP contribution is 2.34. The van der Waals surface area contributed by atoms with Crippen molar-refractivity contribution < 1.29 is 14.7 Å². The fourth-order valence-electron chi connectivity index (χ4n) is 2.96. The number of ketones is 1. The molecule has 1 aromatic heterocycles. The number of hydrogen-bond donors (Lipinski definition) is 1. The van der Waals surface area contributed by atoms with Gasteiger partial charge < -0.3 is 5.11 Å². The highest BCUT2D eigenvalue weighted by Gasteiger charge is 2.38. The Morgan fingerprint density at radius 2 is 1.86 bits per heavy atom. The standard InChI is InChI=1S/C16H16N2O3/c19-15(13-7-4-8-14(13)16(20)21)11-9-17-18(10-11)12-5-2-1-3-6-12/h1-3,5-6,9-10,13-14H,4,7-8H2,(H,20,21). The minimum Gasteiger partial charge on any atom is -0.481 e. The van der Waals surface area contributed by atoms with Crippen molar-refractivity contribution in [1.82, 2.24) is 9.78 Å². The van der Waals surface area contributed by atoms with Gasteiger partial charge in [0.2, 0.25) is 0 Å². The fraction of sp³-hybridized carbons (Fsp3) is 0.312. The van der Waals surface area contributed by atoms with Crippen molar-refractivity contribution in [3.63, 3.8) is 0 Å². The van der Waals surface area contributed by atoms with Crippen LogP contribution in [0.3, 0.4) is 0 Å². The first-order valence-corrected chi connectivity index (χ1v) is 7.04. The average Bonchev–Trinajstić information content (AvgIpc) is 3.17. The van der Waals surface area contributed by atoms with E-state index in [1.165, 1.54) is 6.20 Å². The minimum absolute atomic E-state index is 0.109. The predicted molar refractivity (Wildman–Crippen MR) is 76.4 cm³/mol. The van der Waals surface area contributed by atoms with Crippen LogP contribution in [0.5, 0.6) is 0 Å². The van der Waals surface area contributed by atoms with E-state index < -0.39 is 17.8 Å². The summed E-state index contributed by atoms with van der Waals surface area (Å²) in [4.78, 5) is 23.7. The second-order valence-corrected chi connectivity index (χ2v) is 5.36. The molecule has 0 amide bonds. The Labute approximate surface area is 122 Å². The first kappa shape index (κ1) is 13.5. The zero-order chi connectivity index (χ0) is 14.8. The second kappa shape index (κ2) is 5.52. The highest BCUT2D eigenvalue weighted by molar-refractivity contribution is 5.99. The van der Waals surface area contributed by atoms with Crippen LogP contribution in [-0.2, 0) is 4.79 Å². The van der Waals surface area contributed by atoms with Crippen LogP contribution in [0.15, 0.2) is 42.7 Å². The molecule has 0 saturated heterocycles. The molecule has 1 aliphatic rings. The lowest BCUT2D eigenvalue weighted by atomic mass is 9.89. The summed E-state index contributed by atoms with van der Waals surface area (Å²) in [6, 6.07) is 9.51. The molecule has 3 rings (SSSR count). The van der Waals surface area contributed by atoms with Crippen molar-refractivity contribution in [2.24, 2.45) is 11.8 Å². The molecule has 0 bridgehead atoms. The summed E-state index contributed by atoms with van der Waals surface area (Å²) in [5.74, 6) is -1.96. The molecule has 1 N–H and O–H groups in total. The van der Waals surface area contributed by atoms with Crippen molar-refractivity contribution in [3.8, 4) is 5.69 Å². The maximum atomic E-state index is 12.5. The Balaban J connectivity index is 1.83. The third-order valence-electron chi connectivity index (χ3n) is 4.06. The van der Waals surface area contributed by atoms with Gasteiger partial charge in [0.05, 0.1) is 23.4 Å². The summed E-state index contributed by atoms with van der Waals surface area (Å²) in [6.45, 7) is 0. The van der Waals surface area contributed by atoms with E-state index >= 15 is 0 Å². The van der Waals surface area contributed by atoms with Crippen LogP contribution >= 0.6 is 0 Å². The van der Waals surface area contributed by atoms with Gasteiger partial charge in [-0.1, -0.05) is 24.6 Å². The summed E-state index contributed by atoms with van der Waals surface area (Å²) >= 11 is 0. The Morgan fingerprint density at radius 3 is 2.57 bits per heavy atom. The summed E-state index contributed by atoms with van der Waals surface area (Å²) in [7, 11) is 0. The molecule has 21 heavy (non-hydrogen) atoms. The van der Waals surface area contributed by atoms with Crippen LogP contribution in [0.1, 0.15) is 29.6 Å². The van der Waals surface area contributed by atoms with Gasteiger partial charge >= 0.3 is 5.97 Å². The number of carbonyl (C=O) groups is 2. The van der Waals surface area contributed by atoms with Gasteiger partial charge in [-0.3, -0.25) is 9.59 Å². The van der Waals surface area contributed by atoms with Gasteiger partial charge in [0.1, 0.15) is 0 Å². The van der Waals surface area contributed by atoms with Gasteiger partial charge in [-0.05, 0) is 25.0 Å². The first-order valence-electron chi connectivity index (χ1n) is 7.04. The van der Waals surface area contributed by atoms with E-state index in [1.54, 1.807) is 10.9 Å². The number of aromatic nitrogens is 2. The Kier molecular flexibility index (Phi) is 3.56. The maximum Gasteiger partial charge on any atom is 0.307 e. The van der Waals surface area contributed by atoms with E-state index in [-0.39, 0.29) is 5.78 Å². The molecular weight excluding hydrogens is 268 g/mol. The van der Waals surface area contributed by atoms with Crippen LogP contribution in [0.4, 0.5) is 0 Å². The lowest BCUT2D eigenvalue weighted by Crippen LogP contribution is -2.25. The van der Waals surface area contributed by atoms with E-state index in [0.29, 0.717) is 18.4 Å².